The third-order valence-corrected chi connectivity index (χ3v) is 2.47. The predicted octanol–water partition coefficient (Wildman–Crippen LogP) is 2.09. The first-order chi connectivity index (χ1) is 8.99. The first-order valence-electron chi connectivity index (χ1n) is 6.39. The van der Waals surface area contributed by atoms with E-state index in [4.69, 9.17) is 4.74 Å². The molecule has 0 aliphatic carbocycles. The number of rotatable bonds is 8. The number of ether oxygens (including phenoxy) is 1. The molecule has 0 aromatic heterocycles. The number of hydrogen-bond acceptors (Lipinski definition) is 3. The second-order valence-electron chi connectivity index (χ2n) is 4.95. The summed E-state index contributed by atoms with van der Waals surface area (Å²) in [5.41, 5.74) is 0.372. The van der Waals surface area contributed by atoms with Crippen LogP contribution in [0.15, 0.2) is 18.2 Å². The molecule has 0 saturated carbocycles. The van der Waals surface area contributed by atoms with Gasteiger partial charge in [-0.05, 0) is 12.0 Å². The van der Waals surface area contributed by atoms with Crippen molar-refractivity contribution in [2.75, 3.05) is 19.8 Å². The van der Waals surface area contributed by atoms with Crippen LogP contribution >= 0.6 is 0 Å². The monoisotopic (exact) mass is 273 g/mol. The van der Waals surface area contributed by atoms with Crippen molar-refractivity contribution in [2.24, 2.45) is 5.92 Å². The Hall–Kier alpha value is -1.04. The number of nitrogens with one attached hydrogen (secondary N) is 1. The molecule has 0 bridgehead atoms. The van der Waals surface area contributed by atoms with E-state index >= 15 is 0 Å². The van der Waals surface area contributed by atoms with E-state index in [1.165, 1.54) is 12.1 Å². The molecule has 5 heteroatoms. The molecule has 0 heterocycles. The zero-order valence-corrected chi connectivity index (χ0v) is 11.3. The Kier molecular flexibility index (Phi) is 6.91. The van der Waals surface area contributed by atoms with E-state index in [2.05, 4.69) is 5.32 Å². The molecule has 3 nitrogen and oxygen atoms in total. The summed E-state index contributed by atoms with van der Waals surface area (Å²) in [6.07, 6.45) is -0.637. The number of hydrogen-bond donors (Lipinski definition) is 2. The number of benzene rings is 1. The van der Waals surface area contributed by atoms with Gasteiger partial charge in [-0.1, -0.05) is 19.9 Å². The van der Waals surface area contributed by atoms with Gasteiger partial charge in [0.1, 0.15) is 11.6 Å². The van der Waals surface area contributed by atoms with Crippen molar-refractivity contribution in [3.63, 3.8) is 0 Å². The molecule has 0 aliphatic heterocycles. The quantitative estimate of drug-likeness (QED) is 0.762. The summed E-state index contributed by atoms with van der Waals surface area (Å²) in [5.74, 6) is -0.755. The van der Waals surface area contributed by atoms with Crippen LogP contribution in [0, 0.1) is 17.6 Å². The average molecular weight is 273 g/mol. The second-order valence-corrected chi connectivity index (χ2v) is 4.95. The largest absolute Gasteiger partial charge is 0.389 e. The molecule has 0 aliphatic rings. The fourth-order valence-electron chi connectivity index (χ4n) is 1.54. The summed E-state index contributed by atoms with van der Waals surface area (Å²) in [4.78, 5) is 0. The highest BCUT2D eigenvalue weighted by Gasteiger charge is 2.07. The van der Waals surface area contributed by atoms with Crippen molar-refractivity contribution in [2.45, 2.75) is 26.5 Å². The van der Waals surface area contributed by atoms with E-state index in [0.29, 0.717) is 24.6 Å². The maximum atomic E-state index is 13.3. The van der Waals surface area contributed by atoms with Gasteiger partial charge in [0.15, 0.2) is 0 Å². The maximum absolute atomic E-state index is 13.3. The zero-order chi connectivity index (χ0) is 14.3. The second kappa shape index (κ2) is 8.19. The predicted molar refractivity (Wildman–Crippen MR) is 69.7 cm³/mol. The standard InChI is InChI=1S/C14H21F2NO2/c1-10(2)8-19-9-13(18)7-17-6-11-3-4-12(15)5-14(11)16/h3-5,10,13,17-18H,6-9H2,1-2H3. The Balaban J connectivity index is 2.22. The highest BCUT2D eigenvalue weighted by molar-refractivity contribution is 5.18. The first-order valence-corrected chi connectivity index (χ1v) is 6.39. The van der Waals surface area contributed by atoms with Crippen LogP contribution in [0.3, 0.4) is 0 Å². The molecule has 2 N–H and O–H groups in total. The van der Waals surface area contributed by atoms with E-state index in [1.54, 1.807) is 0 Å². The van der Waals surface area contributed by atoms with Gasteiger partial charge in [0.2, 0.25) is 0 Å². The lowest BCUT2D eigenvalue weighted by atomic mass is 10.2. The number of halogens is 2. The van der Waals surface area contributed by atoms with Crippen LogP contribution in [-0.2, 0) is 11.3 Å². The van der Waals surface area contributed by atoms with Gasteiger partial charge in [0.05, 0.1) is 12.7 Å². The Morgan fingerprint density at radius 1 is 1.26 bits per heavy atom. The lowest BCUT2D eigenvalue weighted by Crippen LogP contribution is -2.30. The Morgan fingerprint density at radius 3 is 2.63 bits per heavy atom. The lowest BCUT2D eigenvalue weighted by Gasteiger charge is -2.13. The summed E-state index contributed by atoms with van der Waals surface area (Å²) in [7, 11) is 0. The molecule has 0 amide bonds. The Labute approximate surface area is 112 Å². The molecule has 1 unspecified atom stereocenters. The normalized spacial score (nSPS) is 12.9. The topological polar surface area (TPSA) is 41.5 Å². The maximum Gasteiger partial charge on any atom is 0.130 e. The van der Waals surface area contributed by atoms with Gasteiger partial charge >= 0.3 is 0 Å². The highest BCUT2D eigenvalue weighted by atomic mass is 19.1. The summed E-state index contributed by atoms with van der Waals surface area (Å²) >= 11 is 0. The van der Waals surface area contributed by atoms with Crippen molar-refractivity contribution in [1.29, 1.82) is 0 Å². The van der Waals surface area contributed by atoms with Crippen LogP contribution in [0.1, 0.15) is 19.4 Å². The minimum Gasteiger partial charge on any atom is -0.389 e. The third-order valence-electron chi connectivity index (χ3n) is 2.47. The molecule has 0 fully saturated rings. The number of aliphatic hydroxyl groups excluding tert-OH is 1. The number of aliphatic hydroxyl groups is 1. The smallest absolute Gasteiger partial charge is 0.130 e. The molecule has 1 aromatic rings. The van der Waals surface area contributed by atoms with Crippen molar-refractivity contribution in [1.82, 2.24) is 5.32 Å². The van der Waals surface area contributed by atoms with Gasteiger partial charge in [0.25, 0.3) is 0 Å². The van der Waals surface area contributed by atoms with Crippen LogP contribution in [-0.4, -0.2) is 31.0 Å². The molecular formula is C14H21F2NO2. The first kappa shape index (κ1) is 16.0. The minimum absolute atomic E-state index is 0.243. The highest BCUT2D eigenvalue weighted by Crippen LogP contribution is 2.08. The van der Waals surface area contributed by atoms with Crippen LogP contribution < -0.4 is 5.32 Å². The summed E-state index contributed by atoms with van der Waals surface area (Å²) in [6.45, 7) is 5.45. The summed E-state index contributed by atoms with van der Waals surface area (Å²) < 4.78 is 31.3. The molecule has 1 rings (SSSR count). The van der Waals surface area contributed by atoms with Crippen molar-refractivity contribution < 1.29 is 18.6 Å². The van der Waals surface area contributed by atoms with Crippen molar-refractivity contribution >= 4 is 0 Å². The molecule has 19 heavy (non-hydrogen) atoms. The van der Waals surface area contributed by atoms with Crippen LogP contribution in [0.2, 0.25) is 0 Å². The summed E-state index contributed by atoms with van der Waals surface area (Å²) in [6, 6.07) is 3.45. The van der Waals surface area contributed by atoms with Gasteiger partial charge in [-0.25, -0.2) is 8.78 Å². The minimum atomic E-state index is -0.637. The third kappa shape index (κ3) is 6.61. The van der Waals surface area contributed by atoms with Gasteiger partial charge in [-0.3, -0.25) is 0 Å². The van der Waals surface area contributed by atoms with E-state index < -0.39 is 17.7 Å². The average Bonchev–Trinajstić information content (AvgIpc) is 2.31. The van der Waals surface area contributed by atoms with Crippen molar-refractivity contribution in [3.05, 3.63) is 35.4 Å². The van der Waals surface area contributed by atoms with Gasteiger partial charge < -0.3 is 15.2 Å². The fourth-order valence-corrected chi connectivity index (χ4v) is 1.54. The van der Waals surface area contributed by atoms with Crippen LogP contribution in [0.4, 0.5) is 8.78 Å². The Bertz CT molecular complexity index is 386. The van der Waals surface area contributed by atoms with E-state index in [9.17, 15) is 13.9 Å². The molecule has 1 aromatic carbocycles. The van der Waals surface area contributed by atoms with E-state index in [1.807, 2.05) is 13.8 Å². The van der Waals surface area contributed by atoms with Crippen LogP contribution in [0.25, 0.3) is 0 Å². The molecule has 108 valence electrons. The fraction of sp³-hybridized carbons (Fsp3) is 0.571. The SMILES string of the molecule is CC(C)COCC(O)CNCc1ccc(F)cc1F. The lowest BCUT2D eigenvalue weighted by molar-refractivity contribution is 0.0260. The van der Waals surface area contributed by atoms with Gasteiger partial charge in [0, 0.05) is 31.3 Å². The van der Waals surface area contributed by atoms with E-state index in [-0.39, 0.29) is 13.2 Å². The molecule has 0 radical (unpaired) electrons. The molecule has 0 spiro atoms. The molecule has 0 saturated heterocycles. The summed E-state index contributed by atoms with van der Waals surface area (Å²) in [5, 5.41) is 12.5. The van der Waals surface area contributed by atoms with E-state index in [0.717, 1.165) is 6.07 Å². The van der Waals surface area contributed by atoms with Crippen molar-refractivity contribution in [3.8, 4) is 0 Å². The van der Waals surface area contributed by atoms with Crippen LogP contribution in [0.5, 0.6) is 0 Å². The van der Waals surface area contributed by atoms with Gasteiger partial charge in [-0.15, -0.1) is 0 Å². The van der Waals surface area contributed by atoms with Gasteiger partial charge in [-0.2, -0.15) is 0 Å². The molecule has 1 atom stereocenters. The Morgan fingerprint density at radius 2 is 2.00 bits per heavy atom. The zero-order valence-electron chi connectivity index (χ0n) is 11.3. The molecular weight excluding hydrogens is 252 g/mol.